The van der Waals surface area contributed by atoms with Crippen LogP contribution in [0.3, 0.4) is 0 Å². The Bertz CT molecular complexity index is 360. The molecule has 21 heavy (non-hydrogen) atoms. The van der Waals surface area contributed by atoms with E-state index in [2.05, 4.69) is 37.9 Å². The SMILES string of the molecule is CCC1(CC)CN(CC2CCC(C)(C)O2)C(C2CC2)CN1. The van der Waals surface area contributed by atoms with Gasteiger partial charge in [-0.25, -0.2) is 0 Å². The molecule has 2 unspecified atom stereocenters. The molecule has 0 aromatic carbocycles. The molecule has 0 aromatic rings. The van der Waals surface area contributed by atoms with Crippen molar-refractivity contribution in [1.29, 1.82) is 0 Å². The van der Waals surface area contributed by atoms with E-state index in [-0.39, 0.29) is 5.60 Å². The third-order valence-electron chi connectivity index (χ3n) is 6.17. The zero-order chi connectivity index (χ0) is 15.1. The van der Waals surface area contributed by atoms with E-state index in [4.69, 9.17) is 4.74 Å². The van der Waals surface area contributed by atoms with E-state index in [0.29, 0.717) is 11.6 Å². The third-order valence-corrected chi connectivity index (χ3v) is 6.17. The standard InChI is InChI=1S/C18H34N2O/c1-5-18(6-2)13-20(16(11-19-18)14-7-8-14)12-15-9-10-17(3,4)21-15/h14-16,19H,5-13H2,1-4H3. The van der Waals surface area contributed by atoms with Gasteiger partial charge in [-0.1, -0.05) is 13.8 Å². The van der Waals surface area contributed by atoms with Gasteiger partial charge in [-0.05, 0) is 58.3 Å². The highest BCUT2D eigenvalue weighted by Crippen LogP contribution is 2.39. The number of nitrogens with zero attached hydrogens (tertiary/aromatic N) is 1. The first-order chi connectivity index (χ1) is 9.97. The molecule has 0 amide bonds. The van der Waals surface area contributed by atoms with Crippen molar-refractivity contribution in [3.63, 3.8) is 0 Å². The van der Waals surface area contributed by atoms with Gasteiger partial charge in [0.25, 0.3) is 0 Å². The van der Waals surface area contributed by atoms with Crippen LogP contribution in [0.25, 0.3) is 0 Å². The van der Waals surface area contributed by atoms with Crippen molar-refractivity contribution in [1.82, 2.24) is 10.2 Å². The summed E-state index contributed by atoms with van der Waals surface area (Å²) in [5.74, 6) is 0.943. The topological polar surface area (TPSA) is 24.5 Å². The summed E-state index contributed by atoms with van der Waals surface area (Å²) < 4.78 is 6.27. The average Bonchev–Trinajstić information content (AvgIpc) is 3.24. The second-order valence-electron chi connectivity index (χ2n) is 8.24. The van der Waals surface area contributed by atoms with E-state index in [1.54, 1.807) is 0 Å². The minimum atomic E-state index is 0.0976. The second kappa shape index (κ2) is 5.82. The molecular formula is C18H34N2O. The van der Waals surface area contributed by atoms with Gasteiger partial charge in [0, 0.05) is 31.2 Å². The van der Waals surface area contributed by atoms with Gasteiger partial charge in [0.1, 0.15) is 0 Å². The van der Waals surface area contributed by atoms with Crippen LogP contribution in [0.1, 0.15) is 66.2 Å². The Morgan fingerprint density at radius 1 is 1.14 bits per heavy atom. The van der Waals surface area contributed by atoms with Crippen molar-refractivity contribution in [2.75, 3.05) is 19.6 Å². The highest BCUT2D eigenvalue weighted by atomic mass is 16.5. The third kappa shape index (κ3) is 3.46. The van der Waals surface area contributed by atoms with Crippen molar-refractivity contribution in [3.05, 3.63) is 0 Å². The van der Waals surface area contributed by atoms with Crippen molar-refractivity contribution < 1.29 is 4.74 Å². The van der Waals surface area contributed by atoms with Crippen molar-refractivity contribution in [2.24, 2.45) is 5.92 Å². The van der Waals surface area contributed by atoms with E-state index in [1.165, 1.54) is 51.6 Å². The molecule has 1 saturated carbocycles. The normalized spacial score (nSPS) is 36.0. The van der Waals surface area contributed by atoms with Crippen LogP contribution in [0.5, 0.6) is 0 Å². The minimum Gasteiger partial charge on any atom is -0.371 e. The van der Waals surface area contributed by atoms with Crippen LogP contribution in [0.4, 0.5) is 0 Å². The number of hydrogen-bond acceptors (Lipinski definition) is 3. The van der Waals surface area contributed by atoms with Crippen LogP contribution >= 0.6 is 0 Å². The summed E-state index contributed by atoms with van der Waals surface area (Å²) >= 11 is 0. The molecule has 2 saturated heterocycles. The van der Waals surface area contributed by atoms with E-state index < -0.39 is 0 Å². The van der Waals surface area contributed by atoms with Gasteiger partial charge in [0.2, 0.25) is 0 Å². The number of rotatable bonds is 5. The Hall–Kier alpha value is -0.120. The lowest BCUT2D eigenvalue weighted by Gasteiger charge is -2.48. The lowest BCUT2D eigenvalue weighted by Crippen LogP contribution is -2.65. The molecule has 0 spiro atoms. The summed E-state index contributed by atoms with van der Waals surface area (Å²) in [5.41, 5.74) is 0.430. The van der Waals surface area contributed by atoms with Crippen LogP contribution < -0.4 is 5.32 Å². The predicted molar refractivity (Wildman–Crippen MR) is 87.6 cm³/mol. The Balaban J connectivity index is 1.66. The fourth-order valence-corrected chi connectivity index (χ4v) is 4.35. The van der Waals surface area contributed by atoms with Gasteiger partial charge < -0.3 is 10.1 Å². The summed E-state index contributed by atoms with van der Waals surface area (Å²) in [6.07, 6.45) is 8.23. The van der Waals surface area contributed by atoms with Gasteiger partial charge in [0.05, 0.1) is 11.7 Å². The maximum atomic E-state index is 6.27. The van der Waals surface area contributed by atoms with Crippen molar-refractivity contribution in [2.45, 2.75) is 89.5 Å². The van der Waals surface area contributed by atoms with Gasteiger partial charge in [-0.2, -0.15) is 0 Å². The highest BCUT2D eigenvalue weighted by Gasteiger charge is 2.44. The summed E-state index contributed by atoms with van der Waals surface area (Å²) in [4.78, 5) is 2.78. The molecule has 122 valence electrons. The number of ether oxygens (including phenoxy) is 1. The molecule has 3 aliphatic rings. The monoisotopic (exact) mass is 294 g/mol. The molecule has 0 bridgehead atoms. The van der Waals surface area contributed by atoms with Gasteiger partial charge in [-0.3, -0.25) is 4.90 Å². The average molecular weight is 294 g/mol. The smallest absolute Gasteiger partial charge is 0.0710 e. The molecule has 3 heteroatoms. The van der Waals surface area contributed by atoms with Crippen molar-refractivity contribution >= 4 is 0 Å². The molecule has 2 atom stereocenters. The van der Waals surface area contributed by atoms with Crippen LogP contribution in [-0.4, -0.2) is 47.8 Å². The summed E-state index contributed by atoms with van der Waals surface area (Å²) in [6, 6.07) is 0.753. The maximum absolute atomic E-state index is 6.27. The molecule has 3 fully saturated rings. The second-order valence-corrected chi connectivity index (χ2v) is 8.24. The van der Waals surface area contributed by atoms with E-state index in [9.17, 15) is 0 Å². The zero-order valence-corrected chi connectivity index (χ0v) is 14.5. The maximum Gasteiger partial charge on any atom is 0.0710 e. The van der Waals surface area contributed by atoms with Gasteiger partial charge >= 0.3 is 0 Å². The number of hydrogen-bond donors (Lipinski definition) is 1. The zero-order valence-electron chi connectivity index (χ0n) is 14.5. The first kappa shape index (κ1) is 15.8. The molecule has 2 heterocycles. The molecule has 1 N–H and O–H groups in total. The molecule has 0 radical (unpaired) electrons. The molecular weight excluding hydrogens is 260 g/mol. The van der Waals surface area contributed by atoms with Gasteiger partial charge in [0.15, 0.2) is 0 Å². The Labute approximate surface area is 130 Å². The number of nitrogens with one attached hydrogen (secondary N) is 1. The van der Waals surface area contributed by atoms with Crippen LogP contribution in [0, 0.1) is 5.92 Å². The quantitative estimate of drug-likeness (QED) is 0.843. The first-order valence-electron chi connectivity index (χ1n) is 9.14. The summed E-state index contributed by atoms with van der Waals surface area (Å²) in [7, 11) is 0. The summed E-state index contributed by atoms with van der Waals surface area (Å²) in [5, 5.41) is 3.89. The largest absolute Gasteiger partial charge is 0.371 e. The van der Waals surface area contributed by atoms with Gasteiger partial charge in [-0.15, -0.1) is 0 Å². The number of piperazine rings is 1. The molecule has 3 nitrogen and oxygen atoms in total. The Kier molecular flexibility index (Phi) is 4.37. The predicted octanol–water partition coefficient (Wildman–Crippen LogP) is 3.19. The lowest BCUT2D eigenvalue weighted by atomic mass is 9.87. The Morgan fingerprint density at radius 2 is 1.86 bits per heavy atom. The molecule has 3 rings (SSSR count). The summed E-state index contributed by atoms with van der Waals surface area (Å²) in [6.45, 7) is 12.7. The minimum absolute atomic E-state index is 0.0976. The Morgan fingerprint density at radius 3 is 2.38 bits per heavy atom. The van der Waals surface area contributed by atoms with E-state index in [0.717, 1.165) is 18.5 Å². The van der Waals surface area contributed by atoms with E-state index in [1.807, 2.05) is 0 Å². The molecule has 1 aliphatic carbocycles. The molecule has 0 aromatic heterocycles. The lowest BCUT2D eigenvalue weighted by molar-refractivity contribution is -0.0466. The van der Waals surface area contributed by atoms with E-state index >= 15 is 0 Å². The van der Waals surface area contributed by atoms with Crippen LogP contribution in [-0.2, 0) is 4.74 Å². The fourth-order valence-electron chi connectivity index (χ4n) is 4.35. The van der Waals surface area contributed by atoms with Crippen LogP contribution in [0.2, 0.25) is 0 Å². The highest BCUT2D eigenvalue weighted by molar-refractivity contribution is 5.02. The fraction of sp³-hybridized carbons (Fsp3) is 1.00. The van der Waals surface area contributed by atoms with Crippen molar-refractivity contribution in [3.8, 4) is 0 Å². The molecule has 2 aliphatic heterocycles. The van der Waals surface area contributed by atoms with Crippen LogP contribution in [0.15, 0.2) is 0 Å². The first-order valence-corrected chi connectivity index (χ1v) is 9.14.